The van der Waals surface area contributed by atoms with Crippen LogP contribution in [0.2, 0.25) is 0 Å². The van der Waals surface area contributed by atoms with Crippen molar-refractivity contribution in [1.29, 1.82) is 0 Å². The van der Waals surface area contributed by atoms with Crippen LogP contribution in [0.15, 0.2) is 41.1 Å². The van der Waals surface area contributed by atoms with E-state index in [9.17, 15) is 4.39 Å². The molecule has 2 atom stereocenters. The van der Waals surface area contributed by atoms with Crippen LogP contribution in [0.1, 0.15) is 38.1 Å². The van der Waals surface area contributed by atoms with E-state index in [0.717, 1.165) is 29.6 Å². The maximum atomic E-state index is 14.4. The maximum Gasteiger partial charge on any atom is 0.179 e. The number of fused-ring (bicyclic) bond motifs is 2. The predicted octanol–water partition coefficient (Wildman–Crippen LogP) is 6.31. The van der Waals surface area contributed by atoms with Crippen LogP contribution in [-0.4, -0.2) is 19.7 Å². The quantitative estimate of drug-likeness (QED) is 0.240. The molecule has 0 spiro atoms. The van der Waals surface area contributed by atoms with Gasteiger partial charge >= 0.3 is 0 Å². The monoisotopic (exact) mass is 497 g/mol. The normalized spacial score (nSPS) is 13.1. The lowest BCUT2D eigenvalue weighted by Crippen LogP contribution is -1.94. The molecular weight excluding hydrogens is 479 g/mol. The van der Waals surface area contributed by atoms with Gasteiger partial charge < -0.3 is 9.84 Å². The smallest absolute Gasteiger partial charge is 0.179 e. The molecule has 0 saturated carbocycles. The van der Waals surface area contributed by atoms with Crippen molar-refractivity contribution < 1.29 is 8.91 Å². The van der Waals surface area contributed by atoms with Gasteiger partial charge in [-0.1, -0.05) is 24.9 Å². The predicted molar refractivity (Wildman–Crippen MR) is 116 cm³/mol. The van der Waals surface area contributed by atoms with Gasteiger partial charge in [-0.15, -0.1) is 5.10 Å². The number of halogens is 2. The number of benzene rings is 1. The summed E-state index contributed by atoms with van der Waals surface area (Å²) in [6.07, 6.45) is 3.37. The second-order valence-electron chi connectivity index (χ2n) is 6.23. The molecule has 140 valence electrons. The number of nitrogens with zero attached hydrogens (tertiary/aromatic N) is 4. The molecule has 1 aromatic carbocycles. The third-order valence-electron chi connectivity index (χ3n) is 4.39. The number of alkyl halides is 1. The van der Waals surface area contributed by atoms with Crippen molar-refractivity contribution in [2.75, 3.05) is 5.32 Å². The van der Waals surface area contributed by atoms with E-state index in [0.29, 0.717) is 35.3 Å². The molecule has 4 rings (SSSR count). The van der Waals surface area contributed by atoms with Gasteiger partial charge in [-0.2, -0.15) is 0 Å². The summed E-state index contributed by atoms with van der Waals surface area (Å²) in [7, 11) is 0. The number of hydrogen-bond acceptors (Lipinski definition) is 5. The largest absolute Gasteiger partial charge is 0.356 e. The lowest BCUT2D eigenvalue weighted by Gasteiger charge is -2.05. The Bertz CT molecular complexity index is 1080. The van der Waals surface area contributed by atoms with Crippen LogP contribution >= 0.6 is 28.4 Å². The molecule has 27 heavy (non-hydrogen) atoms. The number of anilines is 2. The average molecular weight is 497 g/mol. The van der Waals surface area contributed by atoms with Gasteiger partial charge in [-0.05, 0) is 52.7 Å². The first kappa shape index (κ1) is 18.6. The maximum absolute atomic E-state index is 14.4. The van der Waals surface area contributed by atoms with E-state index in [1.807, 2.05) is 41.7 Å². The van der Waals surface area contributed by atoms with Crippen molar-refractivity contribution in [3.8, 4) is 0 Å². The summed E-state index contributed by atoms with van der Waals surface area (Å²) in [6, 6.07) is 9.44. The standard InChI is InChI=1S/C18H18FIN5OP/c1-2-3-5-13(19)16-12-8-7-11(10-15(12)26-24-16)22-18-17-14(6-4-9-21-17)25(23-18)27-20/h4,6-10,13,27H,2-3,5H2,1H3,(H,22,23). The Labute approximate surface area is 170 Å². The van der Waals surface area contributed by atoms with Crippen molar-refractivity contribution in [3.63, 3.8) is 0 Å². The van der Waals surface area contributed by atoms with Gasteiger partial charge in [0.2, 0.25) is 0 Å². The van der Waals surface area contributed by atoms with Crippen molar-refractivity contribution in [2.45, 2.75) is 32.4 Å². The second-order valence-corrected chi connectivity index (χ2v) is 8.27. The van der Waals surface area contributed by atoms with Crippen molar-refractivity contribution in [2.24, 2.45) is 0 Å². The van der Waals surface area contributed by atoms with Gasteiger partial charge in [0, 0.05) is 23.3 Å². The van der Waals surface area contributed by atoms with E-state index in [2.05, 4.69) is 42.6 Å². The highest BCUT2D eigenvalue weighted by Crippen LogP contribution is 2.34. The number of hydrogen-bond donors (Lipinski definition) is 1. The van der Waals surface area contributed by atoms with Crippen LogP contribution in [0.3, 0.4) is 0 Å². The summed E-state index contributed by atoms with van der Waals surface area (Å²) in [5.41, 5.74) is 3.52. The highest BCUT2D eigenvalue weighted by atomic mass is 127. The topological polar surface area (TPSA) is 68.8 Å². The molecular formula is C18H18FIN5OP. The first-order chi connectivity index (χ1) is 13.2. The summed E-state index contributed by atoms with van der Waals surface area (Å²) in [4.78, 5) is 4.43. The highest BCUT2D eigenvalue weighted by molar-refractivity contribution is 14.2. The summed E-state index contributed by atoms with van der Waals surface area (Å²) in [5.74, 6) is 0.681. The van der Waals surface area contributed by atoms with Gasteiger partial charge in [-0.25, -0.2) is 8.84 Å². The zero-order valence-corrected chi connectivity index (χ0v) is 17.8. The zero-order chi connectivity index (χ0) is 18.8. The first-order valence-corrected chi connectivity index (χ1v) is 12.8. The van der Waals surface area contributed by atoms with E-state index in [1.54, 1.807) is 6.20 Å². The van der Waals surface area contributed by atoms with Crippen LogP contribution in [-0.2, 0) is 0 Å². The van der Waals surface area contributed by atoms with Crippen LogP contribution in [0, 0.1) is 0 Å². The Morgan fingerprint density at radius 3 is 3.07 bits per heavy atom. The Morgan fingerprint density at radius 2 is 2.26 bits per heavy atom. The van der Waals surface area contributed by atoms with Gasteiger partial charge in [0.25, 0.3) is 0 Å². The number of nitrogens with one attached hydrogen (secondary N) is 1. The Hall–Kier alpha value is -1.80. The first-order valence-electron chi connectivity index (χ1n) is 8.72. The Kier molecular flexibility index (Phi) is 5.54. The molecule has 0 radical (unpaired) electrons. The summed E-state index contributed by atoms with van der Waals surface area (Å²) < 4.78 is 21.7. The van der Waals surface area contributed by atoms with E-state index < -0.39 is 6.17 Å². The molecule has 9 heteroatoms. The van der Waals surface area contributed by atoms with Crippen LogP contribution in [0.25, 0.3) is 22.0 Å². The van der Waals surface area contributed by atoms with E-state index in [4.69, 9.17) is 4.52 Å². The lowest BCUT2D eigenvalue weighted by atomic mass is 10.1. The van der Waals surface area contributed by atoms with Crippen LogP contribution in [0.4, 0.5) is 15.9 Å². The van der Waals surface area contributed by atoms with E-state index >= 15 is 0 Å². The molecule has 0 fully saturated rings. The van der Waals surface area contributed by atoms with Gasteiger partial charge in [0.05, 0.1) is 11.9 Å². The summed E-state index contributed by atoms with van der Waals surface area (Å²) in [6.45, 7) is 2.05. The van der Waals surface area contributed by atoms with E-state index in [-0.39, 0.29) is 0 Å². The molecule has 0 aliphatic heterocycles. The number of aromatic nitrogens is 4. The van der Waals surface area contributed by atoms with Crippen molar-refractivity contribution >= 4 is 61.9 Å². The molecule has 2 unspecified atom stereocenters. The minimum absolute atomic E-state index is 0.382. The number of unbranched alkanes of at least 4 members (excludes halogenated alkanes) is 1. The SMILES string of the molecule is CCCCC(F)c1noc2cc(Nc3nn(PI)c4cccnc34)ccc12. The summed E-state index contributed by atoms with van der Waals surface area (Å²) in [5, 5.41) is 12.6. The molecule has 0 aliphatic rings. The third-order valence-corrected chi connectivity index (χ3v) is 6.26. The number of pyridine rings is 1. The van der Waals surface area contributed by atoms with Crippen LogP contribution in [0.5, 0.6) is 0 Å². The third kappa shape index (κ3) is 3.65. The second kappa shape index (κ2) is 8.06. The van der Waals surface area contributed by atoms with E-state index in [1.165, 1.54) is 0 Å². The average Bonchev–Trinajstić information content (AvgIpc) is 3.27. The van der Waals surface area contributed by atoms with Crippen molar-refractivity contribution in [3.05, 3.63) is 42.2 Å². The molecule has 3 heterocycles. The molecule has 3 aromatic heterocycles. The van der Waals surface area contributed by atoms with Crippen LogP contribution < -0.4 is 5.32 Å². The molecule has 0 saturated heterocycles. The van der Waals surface area contributed by atoms with Gasteiger partial charge in [0.15, 0.2) is 11.4 Å². The fourth-order valence-electron chi connectivity index (χ4n) is 3.02. The Morgan fingerprint density at radius 1 is 1.37 bits per heavy atom. The fourth-order valence-corrected chi connectivity index (χ4v) is 4.53. The summed E-state index contributed by atoms with van der Waals surface area (Å²) >= 11 is 2.29. The number of rotatable bonds is 7. The molecule has 0 amide bonds. The zero-order valence-electron chi connectivity index (χ0n) is 14.6. The fraction of sp³-hybridized carbons (Fsp3) is 0.278. The molecule has 0 bridgehead atoms. The molecule has 6 nitrogen and oxygen atoms in total. The molecule has 4 aromatic rings. The van der Waals surface area contributed by atoms with Crippen molar-refractivity contribution in [1.82, 2.24) is 19.7 Å². The van der Waals surface area contributed by atoms with Gasteiger partial charge in [0.1, 0.15) is 17.4 Å². The minimum atomic E-state index is -1.10. The Balaban J connectivity index is 1.64. The molecule has 0 aliphatic carbocycles. The minimum Gasteiger partial charge on any atom is -0.356 e. The van der Waals surface area contributed by atoms with Gasteiger partial charge in [-0.3, -0.25) is 4.98 Å². The lowest BCUT2D eigenvalue weighted by molar-refractivity contribution is 0.295. The highest BCUT2D eigenvalue weighted by Gasteiger charge is 2.19. The molecule has 1 N–H and O–H groups in total.